The van der Waals surface area contributed by atoms with E-state index in [1.165, 1.54) is 9.87 Å². The molecule has 0 atom stereocenters. The van der Waals surface area contributed by atoms with Crippen LogP contribution in [0, 0.1) is 0 Å². The summed E-state index contributed by atoms with van der Waals surface area (Å²) in [5.41, 5.74) is 2.23. The predicted molar refractivity (Wildman–Crippen MR) is 97.6 cm³/mol. The Morgan fingerprint density at radius 2 is 1.60 bits per heavy atom. The van der Waals surface area contributed by atoms with Gasteiger partial charge >= 0.3 is 0 Å². The van der Waals surface area contributed by atoms with Gasteiger partial charge in [-0.15, -0.1) is 0 Å². The van der Waals surface area contributed by atoms with Crippen molar-refractivity contribution in [2.24, 2.45) is 0 Å². The number of ether oxygens (including phenoxy) is 1. The number of morpholine rings is 1. The van der Waals surface area contributed by atoms with Crippen LogP contribution in [0.15, 0.2) is 59.5 Å². The van der Waals surface area contributed by atoms with Gasteiger partial charge in [0.25, 0.3) is 0 Å². The van der Waals surface area contributed by atoms with Gasteiger partial charge in [-0.25, -0.2) is 8.42 Å². The molecule has 0 saturated carbocycles. The van der Waals surface area contributed by atoms with Crippen LogP contribution in [0.4, 0.5) is 0 Å². The van der Waals surface area contributed by atoms with Crippen molar-refractivity contribution < 1.29 is 13.2 Å². The van der Waals surface area contributed by atoms with Crippen molar-refractivity contribution in [2.75, 3.05) is 33.4 Å². The number of hydrogen-bond acceptors (Lipinski definition) is 4. The second-order valence-corrected chi connectivity index (χ2v) is 8.26. The summed E-state index contributed by atoms with van der Waals surface area (Å²) in [6, 6.07) is 17.5. The van der Waals surface area contributed by atoms with Crippen LogP contribution in [-0.2, 0) is 27.8 Å². The molecule has 1 aliphatic heterocycles. The number of hydrogen-bond donors (Lipinski definition) is 0. The molecule has 3 rings (SSSR count). The van der Waals surface area contributed by atoms with Crippen LogP contribution < -0.4 is 0 Å². The summed E-state index contributed by atoms with van der Waals surface area (Å²) in [5.74, 6) is 0. The summed E-state index contributed by atoms with van der Waals surface area (Å²) in [7, 11) is -1.41. The lowest BCUT2D eigenvalue weighted by Crippen LogP contribution is -2.40. The molecule has 0 aromatic heterocycles. The zero-order chi connectivity index (χ0) is 17.7. The number of sulfonamides is 1. The smallest absolute Gasteiger partial charge is 0.243 e. The molecule has 0 N–H and O–H groups in total. The van der Waals surface area contributed by atoms with E-state index in [1.807, 2.05) is 37.4 Å². The minimum atomic E-state index is -3.44. The third-order valence-electron chi connectivity index (χ3n) is 4.25. The molecule has 2 aromatic rings. The Hall–Kier alpha value is -1.73. The number of nitrogens with zero attached hydrogens (tertiary/aromatic N) is 2. The summed E-state index contributed by atoms with van der Waals surface area (Å²) in [6.07, 6.45) is 0. The van der Waals surface area contributed by atoms with Gasteiger partial charge in [-0.3, -0.25) is 4.90 Å². The highest BCUT2D eigenvalue weighted by Gasteiger charge is 2.26. The Balaban J connectivity index is 1.70. The Kier molecular flexibility index (Phi) is 5.86. The zero-order valence-corrected chi connectivity index (χ0v) is 15.3. The van der Waals surface area contributed by atoms with E-state index >= 15 is 0 Å². The first kappa shape index (κ1) is 18.1. The Morgan fingerprint density at radius 1 is 0.960 bits per heavy atom. The van der Waals surface area contributed by atoms with Crippen molar-refractivity contribution in [1.82, 2.24) is 9.21 Å². The van der Waals surface area contributed by atoms with Crippen LogP contribution in [0.3, 0.4) is 0 Å². The molecule has 5 nitrogen and oxygen atoms in total. The van der Waals surface area contributed by atoms with E-state index in [0.29, 0.717) is 37.7 Å². The molecule has 0 spiro atoms. The SMILES string of the molecule is CN(Cc1ccccc1)Cc1cccc(S(=O)(=O)N2CCOCC2)c1. The lowest BCUT2D eigenvalue weighted by atomic mass is 10.2. The van der Waals surface area contributed by atoms with Gasteiger partial charge in [-0.2, -0.15) is 4.31 Å². The van der Waals surface area contributed by atoms with Crippen molar-refractivity contribution >= 4 is 10.0 Å². The molecule has 1 aliphatic rings. The molecule has 6 heteroatoms. The van der Waals surface area contributed by atoms with E-state index in [4.69, 9.17) is 4.74 Å². The Morgan fingerprint density at radius 3 is 2.32 bits per heavy atom. The van der Waals surface area contributed by atoms with Crippen LogP contribution >= 0.6 is 0 Å². The van der Waals surface area contributed by atoms with Gasteiger partial charge in [-0.05, 0) is 30.3 Å². The Labute approximate surface area is 149 Å². The average molecular weight is 360 g/mol. The molecule has 2 aromatic carbocycles. The minimum Gasteiger partial charge on any atom is -0.379 e. The molecule has 0 unspecified atom stereocenters. The number of rotatable bonds is 6. The molecule has 0 aliphatic carbocycles. The summed E-state index contributed by atoms with van der Waals surface area (Å²) in [5, 5.41) is 0. The monoisotopic (exact) mass is 360 g/mol. The fraction of sp³-hybridized carbons (Fsp3) is 0.368. The maximum Gasteiger partial charge on any atom is 0.243 e. The Bertz CT molecular complexity index is 787. The highest BCUT2D eigenvalue weighted by Crippen LogP contribution is 2.19. The van der Waals surface area contributed by atoms with E-state index in [2.05, 4.69) is 17.0 Å². The topological polar surface area (TPSA) is 49.9 Å². The quantitative estimate of drug-likeness (QED) is 0.793. The van der Waals surface area contributed by atoms with Crippen molar-refractivity contribution in [3.63, 3.8) is 0 Å². The van der Waals surface area contributed by atoms with Crippen LogP contribution in [0.2, 0.25) is 0 Å². The number of benzene rings is 2. The lowest BCUT2D eigenvalue weighted by Gasteiger charge is -2.26. The van der Waals surface area contributed by atoms with Crippen LogP contribution in [0.5, 0.6) is 0 Å². The molecule has 1 saturated heterocycles. The van der Waals surface area contributed by atoms with Gasteiger partial charge < -0.3 is 4.74 Å². The minimum absolute atomic E-state index is 0.361. The molecule has 0 amide bonds. The molecular formula is C19H24N2O3S. The summed E-state index contributed by atoms with van der Waals surface area (Å²) >= 11 is 0. The van der Waals surface area contributed by atoms with Gasteiger partial charge in [0.1, 0.15) is 0 Å². The van der Waals surface area contributed by atoms with E-state index < -0.39 is 10.0 Å². The molecule has 0 radical (unpaired) electrons. The highest BCUT2D eigenvalue weighted by molar-refractivity contribution is 7.89. The van der Waals surface area contributed by atoms with Gasteiger partial charge in [0.15, 0.2) is 0 Å². The van der Waals surface area contributed by atoms with Gasteiger partial charge in [-0.1, -0.05) is 42.5 Å². The normalized spacial score (nSPS) is 16.2. The molecule has 134 valence electrons. The second-order valence-electron chi connectivity index (χ2n) is 6.32. The summed E-state index contributed by atoms with van der Waals surface area (Å²) in [4.78, 5) is 2.54. The standard InChI is InChI=1S/C19H24N2O3S/c1-20(15-17-6-3-2-4-7-17)16-18-8-5-9-19(14-18)25(22,23)21-10-12-24-13-11-21/h2-9,14H,10-13,15-16H2,1H3. The first-order valence-electron chi connectivity index (χ1n) is 8.45. The predicted octanol–water partition coefficient (Wildman–Crippen LogP) is 2.34. The lowest BCUT2D eigenvalue weighted by molar-refractivity contribution is 0.0730. The molecule has 0 bridgehead atoms. The third kappa shape index (κ3) is 4.67. The third-order valence-corrected chi connectivity index (χ3v) is 6.15. The average Bonchev–Trinajstić information content (AvgIpc) is 2.63. The maximum absolute atomic E-state index is 12.8. The van der Waals surface area contributed by atoms with E-state index in [9.17, 15) is 8.42 Å². The molecule has 25 heavy (non-hydrogen) atoms. The van der Waals surface area contributed by atoms with Gasteiger partial charge in [0.2, 0.25) is 10.0 Å². The summed E-state index contributed by atoms with van der Waals surface area (Å²) in [6.45, 7) is 3.26. The second kappa shape index (κ2) is 8.10. The first-order chi connectivity index (χ1) is 12.1. The van der Waals surface area contributed by atoms with Gasteiger partial charge in [0.05, 0.1) is 18.1 Å². The van der Waals surface area contributed by atoms with Gasteiger partial charge in [0, 0.05) is 26.2 Å². The molecule has 1 fully saturated rings. The molecule has 1 heterocycles. The van der Waals surface area contributed by atoms with Crippen molar-refractivity contribution in [1.29, 1.82) is 0 Å². The maximum atomic E-state index is 12.8. The van der Waals surface area contributed by atoms with Crippen molar-refractivity contribution in [3.05, 3.63) is 65.7 Å². The van der Waals surface area contributed by atoms with E-state index in [-0.39, 0.29) is 0 Å². The van der Waals surface area contributed by atoms with E-state index in [1.54, 1.807) is 12.1 Å². The zero-order valence-electron chi connectivity index (χ0n) is 14.5. The fourth-order valence-electron chi connectivity index (χ4n) is 3.00. The largest absolute Gasteiger partial charge is 0.379 e. The van der Waals surface area contributed by atoms with Crippen molar-refractivity contribution in [3.8, 4) is 0 Å². The van der Waals surface area contributed by atoms with Crippen molar-refractivity contribution in [2.45, 2.75) is 18.0 Å². The van der Waals surface area contributed by atoms with Crippen LogP contribution in [0.1, 0.15) is 11.1 Å². The molecular weight excluding hydrogens is 336 g/mol. The first-order valence-corrected chi connectivity index (χ1v) is 9.89. The van der Waals surface area contributed by atoms with E-state index in [0.717, 1.165) is 12.1 Å². The summed E-state index contributed by atoms with van der Waals surface area (Å²) < 4.78 is 32.3. The van der Waals surface area contributed by atoms with Crippen LogP contribution in [0.25, 0.3) is 0 Å². The fourth-order valence-corrected chi connectivity index (χ4v) is 4.48. The highest BCUT2D eigenvalue weighted by atomic mass is 32.2. The van der Waals surface area contributed by atoms with Crippen LogP contribution in [-0.4, -0.2) is 51.0 Å².